The Morgan fingerprint density at radius 1 is 1.62 bits per heavy atom. The maximum Gasteiger partial charge on any atom is 0.268 e. The van der Waals surface area contributed by atoms with E-state index in [9.17, 15) is 4.79 Å². The van der Waals surface area contributed by atoms with Crippen LogP contribution in [0.3, 0.4) is 0 Å². The Kier molecular flexibility index (Phi) is 2.96. The molecule has 2 heterocycles. The van der Waals surface area contributed by atoms with E-state index < -0.39 is 0 Å². The summed E-state index contributed by atoms with van der Waals surface area (Å²) < 4.78 is 7.00. The van der Waals surface area contributed by atoms with Crippen molar-refractivity contribution >= 4 is 17.0 Å². The minimum atomic E-state index is -0.151. The fourth-order valence-electron chi connectivity index (χ4n) is 1.64. The molecule has 16 heavy (non-hydrogen) atoms. The summed E-state index contributed by atoms with van der Waals surface area (Å²) in [5.74, 6) is -0.151. The van der Waals surface area contributed by atoms with Gasteiger partial charge in [-0.25, -0.2) is 0 Å². The Morgan fingerprint density at radius 3 is 3.12 bits per heavy atom. The zero-order valence-electron chi connectivity index (χ0n) is 9.06. The van der Waals surface area contributed by atoms with Gasteiger partial charge in [-0.1, -0.05) is 0 Å². The molecule has 0 unspecified atom stereocenters. The van der Waals surface area contributed by atoms with E-state index in [2.05, 4.69) is 5.32 Å². The first-order valence-electron chi connectivity index (χ1n) is 5.16. The second kappa shape index (κ2) is 4.40. The Morgan fingerprint density at radius 2 is 2.44 bits per heavy atom. The molecule has 0 aromatic carbocycles. The molecule has 0 aliphatic heterocycles. The van der Waals surface area contributed by atoms with Crippen molar-refractivity contribution < 1.29 is 14.3 Å². The van der Waals surface area contributed by atoms with Gasteiger partial charge in [0.05, 0.1) is 11.8 Å². The molecule has 2 aromatic rings. The number of amides is 1. The second-order valence-corrected chi connectivity index (χ2v) is 3.59. The standard InChI is InChI=1S/C11H14N2O3/c1-13-8-3-6-16-10(8)7-9(13)11(15)12-4-2-5-14/h3,6-7,14H,2,4-5H2,1H3,(H,12,15). The minimum Gasteiger partial charge on any atom is -0.463 e. The number of carbonyl (C=O) groups is 1. The lowest BCUT2D eigenvalue weighted by Crippen LogP contribution is -2.26. The summed E-state index contributed by atoms with van der Waals surface area (Å²) in [6.45, 7) is 0.553. The number of aromatic nitrogens is 1. The van der Waals surface area contributed by atoms with Gasteiger partial charge < -0.3 is 19.4 Å². The highest BCUT2D eigenvalue weighted by Crippen LogP contribution is 2.19. The van der Waals surface area contributed by atoms with E-state index in [0.29, 0.717) is 24.2 Å². The molecule has 0 saturated heterocycles. The topological polar surface area (TPSA) is 67.4 Å². The third-order valence-electron chi connectivity index (χ3n) is 2.52. The first-order chi connectivity index (χ1) is 7.74. The molecule has 0 aliphatic rings. The molecule has 0 spiro atoms. The Hall–Kier alpha value is -1.75. The number of nitrogens with one attached hydrogen (secondary N) is 1. The van der Waals surface area contributed by atoms with Crippen LogP contribution in [-0.2, 0) is 7.05 Å². The van der Waals surface area contributed by atoms with Crippen molar-refractivity contribution in [2.75, 3.05) is 13.2 Å². The van der Waals surface area contributed by atoms with Gasteiger partial charge in [0.1, 0.15) is 5.69 Å². The van der Waals surface area contributed by atoms with Crippen LogP contribution in [0.25, 0.3) is 11.1 Å². The summed E-state index contributed by atoms with van der Waals surface area (Å²) in [5.41, 5.74) is 2.16. The Balaban J connectivity index is 2.16. The zero-order chi connectivity index (χ0) is 11.5. The number of aliphatic hydroxyl groups is 1. The van der Waals surface area contributed by atoms with Crippen molar-refractivity contribution in [1.82, 2.24) is 9.88 Å². The molecule has 0 atom stereocenters. The van der Waals surface area contributed by atoms with E-state index in [4.69, 9.17) is 9.52 Å². The van der Waals surface area contributed by atoms with E-state index in [-0.39, 0.29) is 12.5 Å². The van der Waals surface area contributed by atoms with Crippen LogP contribution in [0, 0.1) is 0 Å². The molecule has 0 bridgehead atoms. The van der Waals surface area contributed by atoms with Crippen molar-refractivity contribution in [3.05, 3.63) is 24.1 Å². The van der Waals surface area contributed by atoms with E-state index >= 15 is 0 Å². The largest absolute Gasteiger partial charge is 0.463 e. The molecule has 0 aliphatic carbocycles. The van der Waals surface area contributed by atoms with Gasteiger partial charge in [-0.2, -0.15) is 0 Å². The smallest absolute Gasteiger partial charge is 0.268 e. The highest BCUT2D eigenvalue weighted by atomic mass is 16.3. The molecule has 0 saturated carbocycles. The quantitative estimate of drug-likeness (QED) is 0.755. The van der Waals surface area contributed by atoms with Crippen LogP contribution in [0.15, 0.2) is 22.8 Å². The normalized spacial score (nSPS) is 10.9. The van der Waals surface area contributed by atoms with Crippen LogP contribution in [-0.4, -0.2) is 28.7 Å². The van der Waals surface area contributed by atoms with Crippen molar-refractivity contribution in [2.24, 2.45) is 7.05 Å². The van der Waals surface area contributed by atoms with E-state index in [1.165, 1.54) is 0 Å². The Labute approximate surface area is 92.7 Å². The molecule has 5 heteroatoms. The van der Waals surface area contributed by atoms with Crippen molar-refractivity contribution in [2.45, 2.75) is 6.42 Å². The number of rotatable bonds is 4. The van der Waals surface area contributed by atoms with E-state index in [0.717, 1.165) is 5.52 Å². The summed E-state index contributed by atoms with van der Waals surface area (Å²) in [6, 6.07) is 3.53. The molecule has 2 aromatic heterocycles. The van der Waals surface area contributed by atoms with Gasteiger partial charge in [-0.15, -0.1) is 0 Å². The van der Waals surface area contributed by atoms with Gasteiger partial charge in [0, 0.05) is 32.3 Å². The molecular weight excluding hydrogens is 208 g/mol. The summed E-state index contributed by atoms with van der Waals surface area (Å²) in [6.07, 6.45) is 2.16. The zero-order valence-corrected chi connectivity index (χ0v) is 9.06. The van der Waals surface area contributed by atoms with Gasteiger partial charge in [-0.05, 0) is 6.42 Å². The summed E-state index contributed by atoms with van der Waals surface area (Å²) >= 11 is 0. The molecule has 2 N–H and O–H groups in total. The molecular formula is C11H14N2O3. The maximum absolute atomic E-state index is 11.8. The maximum atomic E-state index is 11.8. The summed E-state index contributed by atoms with van der Waals surface area (Å²) in [7, 11) is 1.82. The number of hydrogen-bond donors (Lipinski definition) is 2. The van der Waals surface area contributed by atoms with Crippen LogP contribution >= 0.6 is 0 Å². The average Bonchev–Trinajstić information content (AvgIpc) is 2.82. The second-order valence-electron chi connectivity index (χ2n) is 3.59. The van der Waals surface area contributed by atoms with Gasteiger partial charge in [0.2, 0.25) is 0 Å². The predicted molar refractivity (Wildman–Crippen MR) is 59.2 cm³/mol. The fraction of sp³-hybridized carbons (Fsp3) is 0.364. The lowest BCUT2D eigenvalue weighted by Gasteiger charge is -2.04. The van der Waals surface area contributed by atoms with Crippen LogP contribution in [0.2, 0.25) is 0 Å². The fourth-order valence-corrected chi connectivity index (χ4v) is 1.64. The van der Waals surface area contributed by atoms with E-state index in [1.807, 2.05) is 13.1 Å². The number of fused-ring (bicyclic) bond motifs is 1. The summed E-state index contributed by atoms with van der Waals surface area (Å²) in [4.78, 5) is 11.8. The number of nitrogens with zero attached hydrogens (tertiary/aromatic N) is 1. The first kappa shape index (κ1) is 10.8. The molecule has 0 fully saturated rings. The highest BCUT2D eigenvalue weighted by molar-refractivity contribution is 5.97. The van der Waals surface area contributed by atoms with Gasteiger partial charge in [0.15, 0.2) is 5.58 Å². The summed E-state index contributed by atoms with van der Waals surface area (Å²) in [5, 5.41) is 11.3. The van der Waals surface area contributed by atoms with Crippen LogP contribution in [0.1, 0.15) is 16.9 Å². The number of aryl methyl sites for hydroxylation is 1. The van der Waals surface area contributed by atoms with Crippen molar-refractivity contribution in [1.29, 1.82) is 0 Å². The monoisotopic (exact) mass is 222 g/mol. The first-order valence-corrected chi connectivity index (χ1v) is 5.16. The SMILES string of the molecule is Cn1c(C(=O)NCCCO)cc2occc21. The third kappa shape index (κ3) is 1.81. The highest BCUT2D eigenvalue weighted by Gasteiger charge is 2.14. The van der Waals surface area contributed by atoms with Crippen LogP contribution in [0.5, 0.6) is 0 Å². The number of aliphatic hydroxyl groups excluding tert-OH is 1. The third-order valence-corrected chi connectivity index (χ3v) is 2.52. The molecule has 0 radical (unpaired) electrons. The van der Waals surface area contributed by atoms with Gasteiger partial charge >= 0.3 is 0 Å². The number of carbonyl (C=O) groups excluding carboxylic acids is 1. The Bertz CT molecular complexity index is 498. The van der Waals surface area contributed by atoms with Crippen LogP contribution < -0.4 is 5.32 Å². The average molecular weight is 222 g/mol. The molecule has 1 amide bonds. The predicted octanol–water partition coefficient (Wildman–Crippen LogP) is 0.883. The molecule has 86 valence electrons. The van der Waals surface area contributed by atoms with Gasteiger partial charge in [-0.3, -0.25) is 4.79 Å². The number of hydrogen-bond acceptors (Lipinski definition) is 3. The van der Waals surface area contributed by atoms with Crippen molar-refractivity contribution in [3.8, 4) is 0 Å². The molecule has 5 nitrogen and oxygen atoms in total. The lowest BCUT2D eigenvalue weighted by atomic mass is 10.3. The molecule has 2 rings (SSSR count). The number of furan rings is 1. The van der Waals surface area contributed by atoms with Crippen molar-refractivity contribution in [3.63, 3.8) is 0 Å². The lowest BCUT2D eigenvalue weighted by molar-refractivity contribution is 0.0943. The minimum absolute atomic E-state index is 0.0791. The van der Waals surface area contributed by atoms with E-state index in [1.54, 1.807) is 16.9 Å². The van der Waals surface area contributed by atoms with Gasteiger partial charge in [0.25, 0.3) is 5.91 Å². The van der Waals surface area contributed by atoms with Crippen LogP contribution in [0.4, 0.5) is 0 Å².